The van der Waals surface area contributed by atoms with Crippen LogP contribution in [0.3, 0.4) is 0 Å². The maximum atomic E-state index is 14.8. The molecule has 0 unspecified atom stereocenters. The molecule has 1 amide bonds. The third-order valence-electron chi connectivity index (χ3n) is 3.86. The number of fused-ring (bicyclic) bond motifs is 1. The molecule has 1 aliphatic heterocycles. The molecule has 2 rings (SSSR count). The highest BCUT2D eigenvalue weighted by Crippen LogP contribution is 2.53. The molecule has 0 aromatic heterocycles. The zero-order valence-corrected chi connectivity index (χ0v) is 11.3. The van der Waals surface area contributed by atoms with Crippen molar-refractivity contribution in [3.8, 4) is 12.3 Å². The Morgan fingerprint density at radius 1 is 1.39 bits per heavy atom. The van der Waals surface area contributed by atoms with E-state index in [0.29, 0.717) is 12.8 Å². The summed E-state index contributed by atoms with van der Waals surface area (Å²) in [6.07, 6.45) is 6.93. The first kappa shape index (κ1) is 13.2. The van der Waals surface area contributed by atoms with Gasteiger partial charge in [0.1, 0.15) is 11.3 Å². The minimum absolute atomic E-state index is 0.0616. The van der Waals surface area contributed by atoms with Crippen molar-refractivity contribution in [2.75, 3.05) is 13.1 Å². The van der Waals surface area contributed by atoms with Gasteiger partial charge in [-0.3, -0.25) is 0 Å². The molecule has 1 aliphatic carbocycles. The van der Waals surface area contributed by atoms with Crippen molar-refractivity contribution >= 4 is 6.09 Å². The SMILES string of the molecule is C#C[C@@]12CCC[C@]1(F)CN(C(=O)OC(C)(C)C)C2. The predicted octanol–water partition coefficient (Wildman–Crippen LogP) is 2.75. The number of hydrogen-bond donors (Lipinski definition) is 0. The maximum Gasteiger partial charge on any atom is 0.410 e. The van der Waals surface area contributed by atoms with Gasteiger partial charge in [-0.2, -0.15) is 0 Å². The molecule has 0 bridgehead atoms. The largest absolute Gasteiger partial charge is 0.444 e. The number of amides is 1. The maximum absolute atomic E-state index is 14.8. The summed E-state index contributed by atoms with van der Waals surface area (Å²) in [6, 6.07) is 0. The third-order valence-corrected chi connectivity index (χ3v) is 3.86. The van der Waals surface area contributed by atoms with Crippen LogP contribution in [0.1, 0.15) is 40.0 Å². The molecule has 100 valence electrons. The number of likely N-dealkylation sites (tertiary alicyclic amines) is 1. The zero-order valence-electron chi connectivity index (χ0n) is 11.3. The number of alkyl halides is 1. The fourth-order valence-electron chi connectivity index (χ4n) is 2.97. The molecule has 2 aliphatic rings. The van der Waals surface area contributed by atoms with Crippen LogP contribution in [-0.4, -0.2) is 35.4 Å². The smallest absolute Gasteiger partial charge is 0.410 e. The van der Waals surface area contributed by atoms with E-state index in [2.05, 4.69) is 5.92 Å². The zero-order chi connectivity index (χ0) is 13.6. The van der Waals surface area contributed by atoms with Crippen LogP contribution in [0.2, 0.25) is 0 Å². The number of nitrogens with zero attached hydrogens (tertiary/aromatic N) is 1. The molecule has 1 heterocycles. The quantitative estimate of drug-likeness (QED) is 0.621. The number of carbonyl (C=O) groups excluding carboxylic acids is 1. The Bertz CT molecular complexity index is 409. The summed E-state index contributed by atoms with van der Waals surface area (Å²) in [5, 5.41) is 0. The van der Waals surface area contributed by atoms with Gasteiger partial charge in [-0.05, 0) is 40.0 Å². The van der Waals surface area contributed by atoms with Crippen molar-refractivity contribution in [1.29, 1.82) is 0 Å². The van der Waals surface area contributed by atoms with Crippen LogP contribution in [0.15, 0.2) is 0 Å². The third kappa shape index (κ3) is 1.96. The first-order chi connectivity index (χ1) is 8.21. The second-order valence-electron chi connectivity index (χ2n) is 6.38. The summed E-state index contributed by atoms with van der Waals surface area (Å²) in [5.74, 6) is 2.60. The fraction of sp³-hybridized carbons (Fsp3) is 0.786. The summed E-state index contributed by atoms with van der Waals surface area (Å²) < 4.78 is 20.1. The number of ether oxygens (including phenoxy) is 1. The Morgan fingerprint density at radius 3 is 2.56 bits per heavy atom. The first-order valence-electron chi connectivity index (χ1n) is 6.36. The number of carbonyl (C=O) groups is 1. The van der Waals surface area contributed by atoms with Gasteiger partial charge in [0.05, 0.1) is 12.0 Å². The highest BCUT2D eigenvalue weighted by Gasteiger charge is 2.62. The minimum atomic E-state index is -1.43. The lowest BCUT2D eigenvalue weighted by Crippen LogP contribution is -2.37. The Balaban J connectivity index is 2.13. The second-order valence-corrected chi connectivity index (χ2v) is 6.38. The monoisotopic (exact) mass is 253 g/mol. The summed E-state index contributed by atoms with van der Waals surface area (Å²) in [6.45, 7) is 5.72. The molecule has 18 heavy (non-hydrogen) atoms. The van der Waals surface area contributed by atoms with Crippen molar-refractivity contribution in [2.24, 2.45) is 5.41 Å². The topological polar surface area (TPSA) is 29.5 Å². The lowest BCUT2D eigenvalue weighted by atomic mass is 9.79. The molecule has 1 saturated carbocycles. The summed E-state index contributed by atoms with van der Waals surface area (Å²) >= 11 is 0. The van der Waals surface area contributed by atoms with Gasteiger partial charge in [-0.15, -0.1) is 6.42 Å². The molecule has 4 heteroatoms. The molecule has 1 saturated heterocycles. The van der Waals surface area contributed by atoms with Gasteiger partial charge < -0.3 is 9.64 Å². The van der Waals surface area contributed by atoms with E-state index in [1.165, 1.54) is 4.90 Å². The number of halogens is 1. The van der Waals surface area contributed by atoms with Crippen molar-refractivity contribution in [3.05, 3.63) is 0 Å². The van der Waals surface area contributed by atoms with E-state index in [9.17, 15) is 9.18 Å². The summed E-state index contributed by atoms with van der Waals surface area (Å²) in [5.41, 5.74) is -2.80. The van der Waals surface area contributed by atoms with E-state index in [1.54, 1.807) is 20.8 Å². The van der Waals surface area contributed by atoms with Crippen molar-refractivity contribution in [2.45, 2.75) is 51.3 Å². The highest BCUT2D eigenvalue weighted by molar-refractivity contribution is 5.69. The molecule has 0 N–H and O–H groups in total. The molecular weight excluding hydrogens is 233 g/mol. The van der Waals surface area contributed by atoms with E-state index in [-0.39, 0.29) is 13.1 Å². The molecule has 0 aromatic rings. The van der Waals surface area contributed by atoms with Gasteiger partial charge in [0, 0.05) is 6.54 Å². The van der Waals surface area contributed by atoms with Gasteiger partial charge in [0.25, 0.3) is 0 Å². The Labute approximate surface area is 108 Å². The average Bonchev–Trinajstić information content (AvgIpc) is 2.65. The van der Waals surface area contributed by atoms with Crippen molar-refractivity contribution in [3.63, 3.8) is 0 Å². The average molecular weight is 253 g/mol. The van der Waals surface area contributed by atoms with Gasteiger partial charge in [-0.25, -0.2) is 9.18 Å². The van der Waals surface area contributed by atoms with Crippen LogP contribution in [0.5, 0.6) is 0 Å². The molecular formula is C14H20FNO2. The molecule has 2 fully saturated rings. The first-order valence-corrected chi connectivity index (χ1v) is 6.36. The number of rotatable bonds is 0. The van der Waals surface area contributed by atoms with Gasteiger partial charge >= 0.3 is 6.09 Å². The summed E-state index contributed by atoms with van der Waals surface area (Å²) in [4.78, 5) is 13.4. The number of hydrogen-bond acceptors (Lipinski definition) is 2. The number of terminal acetylenes is 1. The second kappa shape index (κ2) is 3.88. The molecule has 2 atom stereocenters. The van der Waals surface area contributed by atoms with Crippen LogP contribution < -0.4 is 0 Å². The van der Waals surface area contributed by atoms with Crippen molar-refractivity contribution in [1.82, 2.24) is 4.90 Å². The molecule has 0 radical (unpaired) electrons. The van der Waals surface area contributed by atoms with E-state index >= 15 is 0 Å². The van der Waals surface area contributed by atoms with Gasteiger partial charge in [0.15, 0.2) is 0 Å². The molecule has 3 nitrogen and oxygen atoms in total. The van der Waals surface area contributed by atoms with Crippen LogP contribution in [0.25, 0.3) is 0 Å². The van der Waals surface area contributed by atoms with Crippen LogP contribution >= 0.6 is 0 Å². The molecule has 0 spiro atoms. The standard InChI is InChI=1S/C14H20FNO2/c1-5-13-7-6-8-14(13,15)10-16(9-13)11(17)18-12(2,3)4/h1H,6-10H2,2-4H3/t13-,14-/m0/s1. The summed E-state index contributed by atoms with van der Waals surface area (Å²) in [7, 11) is 0. The van der Waals surface area contributed by atoms with Gasteiger partial charge in [0.2, 0.25) is 0 Å². The van der Waals surface area contributed by atoms with E-state index in [0.717, 1.165) is 6.42 Å². The predicted molar refractivity (Wildman–Crippen MR) is 66.8 cm³/mol. The van der Waals surface area contributed by atoms with E-state index in [4.69, 9.17) is 11.2 Å². The lowest BCUT2D eigenvalue weighted by molar-refractivity contribution is 0.0255. The lowest BCUT2D eigenvalue weighted by Gasteiger charge is -2.26. The Morgan fingerprint density at radius 2 is 2.06 bits per heavy atom. The highest BCUT2D eigenvalue weighted by atomic mass is 19.1. The van der Waals surface area contributed by atoms with Gasteiger partial charge in [-0.1, -0.05) is 5.92 Å². The van der Waals surface area contributed by atoms with Crippen LogP contribution in [0, 0.1) is 17.8 Å². The van der Waals surface area contributed by atoms with E-state index < -0.39 is 22.8 Å². The Hall–Kier alpha value is -1.24. The normalized spacial score (nSPS) is 35.2. The van der Waals surface area contributed by atoms with Crippen molar-refractivity contribution < 1.29 is 13.9 Å². The Kier molecular flexibility index (Phi) is 2.84. The minimum Gasteiger partial charge on any atom is -0.444 e. The molecule has 0 aromatic carbocycles. The van der Waals surface area contributed by atoms with E-state index in [1.807, 2.05) is 0 Å². The van der Waals surface area contributed by atoms with Crippen LogP contribution in [0.4, 0.5) is 9.18 Å². The fourth-order valence-corrected chi connectivity index (χ4v) is 2.97. The van der Waals surface area contributed by atoms with Crippen LogP contribution in [-0.2, 0) is 4.74 Å².